The highest BCUT2D eigenvalue weighted by molar-refractivity contribution is 7.76. The molecule has 0 amide bonds. The molecule has 0 spiro atoms. The minimum atomic E-state index is -0.489. The van der Waals surface area contributed by atoms with Crippen LogP contribution in [0, 0.1) is 5.92 Å². The van der Waals surface area contributed by atoms with Crippen molar-refractivity contribution in [2.24, 2.45) is 5.92 Å². The minimum Gasteiger partial charge on any atom is -0.0766 e. The van der Waals surface area contributed by atoms with E-state index in [0.29, 0.717) is 5.92 Å². The van der Waals surface area contributed by atoms with Gasteiger partial charge in [-0.15, -0.1) is 0 Å². The van der Waals surface area contributed by atoms with Gasteiger partial charge in [0.2, 0.25) is 0 Å². The average Bonchev–Trinajstić information content (AvgIpc) is 3.12. The van der Waals surface area contributed by atoms with E-state index in [2.05, 4.69) is 109 Å². The second-order valence-corrected chi connectivity index (χ2v) is 8.50. The van der Waals surface area contributed by atoms with E-state index >= 15 is 0 Å². The number of hydrogen-bond acceptors (Lipinski definition) is 0. The summed E-state index contributed by atoms with van der Waals surface area (Å²) in [5.41, 5.74) is 1.40. The van der Waals surface area contributed by atoms with Gasteiger partial charge >= 0.3 is 0 Å². The standard InChI is InChI=1S/C24H21P/c1-4-11-20(12-5-1)19-21-13-10-18-24(21)25(22-14-6-2-7-15-22)23-16-8-3-9-17-23/h1-18,21H,19H2. The van der Waals surface area contributed by atoms with Crippen molar-refractivity contribution in [1.82, 2.24) is 0 Å². The first-order valence-electron chi connectivity index (χ1n) is 8.74. The van der Waals surface area contributed by atoms with Gasteiger partial charge in [0.15, 0.2) is 0 Å². The van der Waals surface area contributed by atoms with Crippen LogP contribution < -0.4 is 10.6 Å². The summed E-state index contributed by atoms with van der Waals surface area (Å²) in [7, 11) is -0.489. The molecule has 1 unspecified atom stereocenters. The van der Waals surface area contributed by atoms with Crippen LogP contribution in [0.2, 0.25) is 0 Å². The minimum absolute atomic E-state index is 0.480. The lowest BCUT2D eigenvalue weighted by Gasteiger charge is -2.25. The van der Waals surface area contributed by atoms with E-state index in [-0.39, 0.29) is 0 Å². The predicted octanol–water partition coefficient (Wildman–Crippen LogP) is 5.43. The van der Waals surface area contributed by atoms with Crippen LogP contribution in [-0.2, 0) is 6.42 Å². The molecule has 0 saturated carbocycles. The van der Waals surface area contributed by atoms with Gasteiger partial charge in [0, 0.05) is 5.92 Å². The maximum Gasteiger partial charge on any atom is 0.00722 e. The van der Waals surface area contributed by atoms with Crippen molar-refractivity contribution in [3.63, 3.8) is 0 Å². The molecule has 0 saturated heterocycles. The number of rotatable bonds is 5. The Morgan fingerprint density at radius 2 is 1.16 bits per heavy atom. The SMILES string of the molecule is C1=CC(Cc2ccccc2)C(P(c2ccccc2)c2ccccc2)=C1. The summed E-state index contributed by atoms with van der Waals surface area (Å²) in [4.78, 5) is 0. The largest absolute Gasteiger partial charge is 0.0766 e. The average molecular weight is 340 g/mol. The first-order valence-corrected chi connectivity index (χ1v) is 10.1. The van der Waals surface area contributed by atoms with Crippen LogP contribution in [-0.4, -0.2) is 0 Å². The van der Waals surface area contributed by atoms with Crippen molar-refractivity contribution < 1.29 is 0 Å². The predicted molar refractivity (Wildman–Crippen MR) is 110 cm³/mol. The van der Waals surface area contributed by atoms with Crippen molar-refractivity contribution in [1.29, 1.82) is 0 Å². The van der Waals surface area contributed by atoms with Crippen LogP contribution >= 0.6 is 7.92 Å². The summed E-state index contributed by atoms with van der Waals surface area (Å²) in [5.74, 6) is 0.480. The van der Waals surface area contributed by atoms with Crippen molar-refractivity contribution in [2.45, 2.75) is 6.42 Å². The highest BCUT2D eigenvalue weighted by atomic mass is 31.1. The van der Waals surface area contributed by atoms with Crippen LogP contribution in [0.3, 0.4) is 0 Å². The van der Waals surface area contributed by atoms with E-state index in [0.717, 1.165) is 6.42 Å². The van der Waals surface area contributed by atoms with E-state index in [4.69, 9.17) is 0 Å². The molecule has 25 heavy (non-hydrogen) atoms. The van der Waals surface area contributed by atoms with Crippen molar-refractivity contribution in [2.75, 3.05) is 0 Å². The lowest BCUT2D eigenvalue weighted by atomic mass is 10.0. The van der Waals surface area contributed by atoms with E-state index in [9.17, 15) is 0 Å². The first kappa shape index (κ1) is 16.1. The van der Waals surface area contributed by atoms with Gasteiger partial charge in [0.25, 0.3) is 0 Å². The van der Waals surface area contributed by atoms with Gasteiger partial charge in [-0.1, -0.05) is 109 Å². The smallest absolute Gasteiger partial charge is 0.00722 e. The lowest BCUT2D eigenvalue weighted by Crippen LogP contribution is -2.16. The Bertz CT molecular complexity index is 824. The second kappa shape index (κ2) is 7.64. The summed E-state index contributed by atoms with van der Waals surface area (Å²) in [6.07, 6.45) is 8.02. The Labute approximate surface area is 151 Å². The third-order valence-corrected chi connectivity index (χ3v) is 7.20. The van der Waals surface area contributed by atoms with Gasteiger partial charge < -0.3 is 0 Å². The molecule has 0 nitrogen and oxygen atoms in total. The third kappa shape index (κ3) is 3.65. The molecule has 4 rings (SSSR count). The normalized spacial score (nSPS) is 16.2. The zero-order valence-electron chi connectivity index (χ0n) is 14.1. The van der Waals surface area contributed by atoms with E-state index < -0.39 is 7.92 Å². The molecule has 122 valence electrons. The van der Waals surface area contributed by atoms with E-state index in [1.54, 1.807) is 5.31 Å². The molecule has 0 aromatic heterocycles. The molecule has 0 fully saturated rings. The zero-order chi connectivity index (χ0) is 16.9. The van der Waals surface area contributed by atoms with E-state index in [1.807, 2.05) is 0 Å². The molecular weight excluding hydrogens is 319 g/mol. The topological polar surface area (TPSA) is 0 Å². The third-order valence-electron chi connectivity index (χ3n) is 4.58. The fourth-order valence-corrected chi connectivity index (χ4v) is 5.97. The van der Waals surface area contributed by atoms with Crippen LogP contribution in [0.4, 0.5) is 0 Å². The molecule has 0 N–H and O–H groups in total. The highest BCUT2D eigenvalue weighted by Gasteiger charge is 2.26. The molecule has 1 aliphatic rings. The Kier molecular flexibility index (Phi) is 4.91. The van der Waals surface area contributed by atoms with Crippen LogP contribution in [0.5, 0.6) is 0 Å². The van der Waals surface area contributed by atoms with Gasteiger partial charge in [-0.05, 0) is 35.8 Å². The Morgan fingerprint density at radius 3 is 1.72 bits per heavy atom. The second-order valence-electron chi connectivity index (χ2n) is 6.28. The number of hydrogen-bond donors (Lipinski definition) is 0. The summed E-state index contributed by atoms with van der Waals surface area (Å²) >= 11 is 0. The molecule has 0 bridgehead atoms. The highest BCUT2D eigenvalue weighted by Crippen LogP contribution is 2.49. The van der Waals surface area contributed by atoms with Gasteiger partial charge in [-0.3, -0.25) is 0 Å². The maximum absolute atomic E-state index is 2.36. The molecule has 0 radical (unpaired) electrons. The molecule has 3 aromatic carbocycles. The quantitative estimate of drug-likeness (QED) is 0.543. The summed E-state index contributed by atoms with van der Waals surface area (Å²) in [5, 5.41) is 4.41. The monoisotopic (exact) mass is 340 g/mol. The molecule has 3 aromatic rings. The maximum atomic E-state index is 2.36. The van der Waals surface area contributed by atoms with Crippen LogP contribution in [0.15, 0.2) is 115 Å². The Hall–Kier alpha value is -2.43. The molecule has 1 aliphatic carbocycles. The van der Waals surface area contributed by atoms with Crippen molar-refractivity contribution in [3.05, 3.63) is 120 Å². The summed E-state index contributed by atoms with van der Waals surface area (Å²) in [6.45, 7) is 0. The Balaban J connectivity index is 1.70. The number of allylic oxidation sites excluding steroid dienone is 4. The molecule has 1 heteroatoms. The first-order chi connectivity index (χ1) is 12.4. The molecule has 0 heterocycles. The lowest BCUT2D eigenvalue weighted by molar-refractivity contribution is 0.802. The zero-order valence-corrected chi connectivity index (χ0v) is 15.0. The van der Waals surface area contributed by atoms with Crippen LogP contribution in [0.25, 0.3) is 0 Å². The molecule has 0 aliphatic heterocycles. The van der Waals surface area contributed by atoms with Gasteiger partial charge in [0.05, 0.1) is 0 Å². The van der Waals surface area contributed by atoms with Gasteiger partial charge in [-0.2, -0.15) is 0 Å². The van der Waals surface area contributed by atoms with Gasteiger partial charge in [0.1, 0.15) is 0 Å². The number of benzene rings is 3. The van der Waals surface area contributed by atoms with Crippen molar-refractivity contribution >= 4 is 18.5 Å². The van der Waals surface area contributed by atoms with Crippen LogP contribution in [0.1, 0.15) is 5.56 Å². The van der Waals surface area contributed by atoms with Gasteiger partial charge in [-0.25, -0.2) is 0 Å². The van der Waals surface area contributed by atoms with Crippen molar-refractivity contribution in [3.8, 4) is 0 Å². The Morgan fingerprint density at radius 1 is 0.640 bits per heavy atom. The fourth-order valence-electron chi connectivity index (χ4n) is 3.39. The summed E-state index contributed by atoms with van der Waals surface area (Å²) < 4.78 is 0. The summed E-state index contributed by atoms with van der Waals surface area (Å²) in [6, 6.07) is 32.7. The fraction of sp³-hybridized carbons (Fsp3) is 0.0833. The van der Waals surface area contributed by atoms with E-state index in [1.165, 1.54) is 16.2 Å². The molecule has 1 atom stereocenters. The molecular formula is C24H21P.